The predicted molar refractivity (Wildman–Crippen MR) is 77.4 cm³/mol. The Bertz CT molecular complexity index is 790. The van der Waals surface area contributed by atoms with Gasteiger partial charge in [0.15, 0.2) is 0 Å². The predicted octanol–water partition coefficient (Wildman–Crippen LogP) is 3.11. The molecule has 0 aliphatic rings. The van der Waals surface area contributed by atoms with Gasteiger partial charge in [-0.2, -0.15) is 0 Å². The summed E-state index contributed by atoms with van der Waals surface area (Å²) in [6.07, 6.45) is 1.69. The lowest BCUT2D eigenvalue weighted by Crippen LogP contribution is -1.95. The van der Waals surface area contributed by atoms with E-state index in [0.717, 1.165) is 5.69 Å². The summed E-state index contributed by atoms with van der Waals surface area (Å²) < 4.78 is 0. The van der Waals surface area contributed by atoms with E-state index in [1.54, 1.807) is 24.4 Å². The summed E-state index contributed by atoms with van der Waals surface area (Å²) in [5.41, 5.74) is 2.47. The van der Waals surface area contributed by atoms with E-state index >= 15 is 0 Å². The molecule has 3 rings (SSSR count). The molecular formula is C15H10N4O2. The summed E-state index contributed by atoms with van der Waals surface area (Å²) in [4.78, 5) is 23.0. The zero-order valence-electron chi connectivity index (χ0n) is 10.9. The molecular weight excluding hydrogens is 268 g/mol. The van der Waals surface area contributed by atoms with Gasteiger partial charge in [-0.3, -0.25) is 4.98 Å². The van der Waals surface area contributed by atoms with Gasteiger partial charge in [0.05, 0.1) is 11.4 Å². The molecule has 3 aromatic rings. The number of rotatable bonds is 3. The molecule has 0 saturated carbocycles. The van der Waals surface area contributed by atoms with Crippen LogP contribution in [0.5, 0.6) is 0 Å². The SMILES string of the molecule is O=[N+]([O-])c1cccc(-c2cccc(-c3ccccn3)n2)n1. The number of aromatic nitrogens is 3. The second-order valence-corrected chi connectivity index (χ2v) is 4.26. The molecule has 0 aliphatic carbocycles. The van der Waals surface area contributed by atoms with Crippen molar-refractivity contribution >= 4 is 5.82 Å². The summed E-state index contributed by atoms with van der Waals surface area (Å²) in [5, 5.41) is 10.8. The molecule has 0 aromatic carbocycles. The Hall–Kier alpha value is -3.15. The fraction of sp³-hybridized carbons (Fsp3) is 0. The standard InChI is InChI=1S/C15H10N4O2/c20-19(21)15-9-4-8-14(18-15)13-7-3-6-12(17-13)11-5-1-2-10-16-11/h1-10H. The molecule has 0 unspecified atom stereocenters. The molecule has 0 atom stereocenters. The minimum atomic E-state index is -0.522. The minimum absolute atomic E-state index is 0.197. The van der Waals surface area contributed by atoms with Gasteiger partial charge >= 0.3 is 5.82 Å². The zero-order valence-corrected chi connectivity index (χ0v) is 10.9. The second kappa shape index (κ2) is 5.46. The molecule has 6 nitrogen and oxygen atoms in total. The first-order valence-corrected chi connectivity index (χ1v) is 6.24. The molecule has 0 saturated heterocycles. The Morgan fingerprint density at radius 1 is 0.762 bits per heavy atom. The van der Waals surface area contributed by atoms with E-state index in [1.807, 2.05) is 30.3 Å². The van der Waals surface area contributed by atoms with Crippen LogP contribution in [-0.4, -0.2) is 19.9 Å². The van der Waals surface area contributed by atoms with Crippen LogP contribution in [0.25, 0.3) is 22.8 Å². The van der Waals surface area contributed by atoms with Crippen LogP contribution in [0.15, 0.2) is 60.8 Å². The van der Waals surface area contributed by atoms with E-state index in [9.17, 15) is 10.1 Å². The van der Waals surface area contributed by atoms with E-state index in [1.165, 1.54) is 6.07 Å². The van der Waals surface area contributed by atoms with Crippen molar-refractivity contribution in [2.24, 2.45) is 0 Å². The number of nitro groups is 1. The van der Waals surface area contributed by atoms with Gasteiger partial charge in [0.2, 0.25) is 5.69 Å². The number of hydrogen-bond donors (Lipinski definition) is 0. The molecule has 0 bridgehead atoms. The fourth-order valence-corrected chi connectivity index (χ4v) is 1.90. The van der Waals surface area contributed by atoms with Gasteiger partial charge < -0.3 is 10.1 Å². The van der Waals surface area contributed by atoms with Crippen molar-refractivity contribution in [1.29, 1.82) is 0 Å². The molecule has 0 spiro atoms. The third kappa shape index (κ3) is 2.74. The van der Waals surface area contributed by atoms with Gasteiger partial charge in [-0.25, -0.2) is 4.98 Å². The van der Waals surface area contributed by atoms with E-state index < -0.39 is 4.92 Å². The largest absolute Gasteiger partial charge is 0.364 e. The molecule has 0 N–H and O–H groups in total. The first-order chi connectivity index (χ1) is 10.2. The Morgan fingerprint density at radius 3 is 2.05 bits per heavy atom. The highest BCUT2D eigenvalue weighted by Gasteiger charge is 2.13. The maximum absolute atomic E-state index is 10.8. The zero-order chi connectivity index (χ0) is 14.7. The van der Waals surface area contributed by atoms with Gasteiger partial charge in [0.1, 0.15) is 5.69 Å². The molecule has 0 aliphatic heterocycles. The third-order valence-corrected chi connectivity index (χ3v) is 2.86. The molecule has 102 valence electrons. The highest BCUT2D eigenvalue weighted by molar-refractivity contribution is 5.62. The Morgan fingerprint density at radius 2 is 1.38 bits per heavy atom. The number of hydrogen-bond acceptors (Lipinski definition) is 5. The van der Waals surface area contributed by atoms with Gasteiger partial charge in [-0.1, -0.05) is 12.1 Å². The minimum Gasteiger partial charge on any atom is -0.358 e. The van der Waals surface area contributed by atoms with Gasteiger partial charge in [-0.05, 0) is 46.3 Å². The van der Waals surface area contributed by atoms with Crippen molar-refractivity contribution in [3.63, 3.8) is 0 Å². The number of pyridine rings is 3. The summed E-state index contributed by atoms with van der Waals surface area (Å²) in [5.74, 6) is -0.197. The van der Waals surface area contributed by atoms with E-state index in [-0.39, 0.29) is 5.82 Å². The molecule has 3 aromatic heterocycles. The first-order valence-electron chi connectivity index (χ1n) is 6.24. The van der Waals surface area contributed by atoms with Crippen LogP contribution in [0.2, 0.25) is 0 Å². The maximum atomic E-state index is 10.8. The Kier molecular flexibility index (Phi) is 3.34. The summed E-state index contributed by atoms with van der Waals surface area (Å²) >= 11 is 0. The van der Waals surface area contributed by atoms with Crippen LogP contribution in [0.1, 0.15) is 0 Å². The van der Waals surface area contributed by atoms with Crippen molar-refractivity contribution in [2.75, 3.05) is 0 Å². The van der Waals surface area contributed by atoms with Gasteiger partial charge in [0.25, 0.3) is 0 Å². The van der Waals surface area contributed by atoms with Gasteiger partial charge in [0, 0.05) is 12.3 Å². The van der Waals surface area contributed by atoms with Crippen molar-refractivity contribution in [3.05, 3.63) is 70.9 Å². The van der Waals surface area contributed by atoms with Crippen molar-refractivity contribution in [3.8, 4) is 22.8 Å². The summed E-state index contributed by atoms with van der Waals surface area (Å²) in [6, 6.07) is 15.6. The lowest BCUT2D eigenvalue weighted by atomic mass is 10.2. The topological polar surface area (TPSA) is 81.8 Å². The fourth-order valence-electron chi connectivity index (χ4n) is 1.90. The molecule has 0 amide bonds. The van der Waals surface area contributed by atoms with Crippen molar-refractivity contribution in [1.82, 2.24) is 15.0 Å². The van der Waals surface area contributed by atoms with Crippen LogP contribution < -0.4 is 0 Å². The van der Waals surface area contributed by atoms with Gasteiger partial charge in [-0.15, -0.1) is 0 Å². The van der Waals surface area contributed by atoms with Crippen LogP contribution in [0.4, 0.5) is 5.82 Å². The van der Waals surface area contributed by atoms with E-state index in [4.69, 9.17) is 0 Å². The van der Waals surface area contributed by atoms with Crippen molar-refractivity contribution in [2.45, 2.75) is 0 Å². The van der Waals surface area contributed by atoms with E-state index in [2.05, 4.69) is 15.0 Å². The van der Waals surface area contributed by atoms with Crippen molar-refractivity contribution < 1.29 is 4.92 Å². The Labute approximate surface area is 120 Å². The van der Waals surface area contributed by atoms with E-state index in [0.29, 0.717) is 17.1 Å². The molecule has 0 radical (unpaired) electrons. The Balaban J connectivity index is 2.04. The normalized spacial score (nSPS) is 10.3. The highest BCUT2D eigenvalue weighted by Crippen LogP contribution is 2.21. The first kappa shape index (κ1) is 12.9. The lowest BCUT2D eigenvalue weighted by Gasteiger charge is -2.02. The second-order valence-electron chi connectivity index (χ2n) is 4.26. The van der Waals surface area contributed by atoms with Crippen LogP contribution in [0.3, 0.4) is 0 Å². The monoisotopic (exact) mass is 278 g/mol. The highest BCUT2D eigenvalue weighted by atomic mass is 16.6. The smallest absolute Gasteiger partial charge is 0.358 e. The molecule has 3 heterocycles. The number of nitrogens with zero attached hydrogens (tertiary/aromatic N) is 4. The maximum Gasteiger partial charge on any atom is 0.364 e. The third-order valence-electron chi connectivity index (χ3n) is 2.86. The van der Waals surface area contributed by atoms with Crippen LogP contribution in [0, 0.1) is 10.1 Å². The summed E-state index contributed by atoms with van der Waals surface area (Å²) in [6.45, 7) is 0. The quantitative estimate of drug-likeness (QED) is 0.543. The van der Waals surface area contributed by atoms with Crippen LogP contribution >= 0.6 is 0 Å². The lowest BCUT2D eigenvalue weighted by molar-refractivity contribution is -0.389. The molecule has 21 heavy (non-hydrogen) atoms. The average molecular weight is 278 g/mol. The molecule has 6 heteroatoms. The molecule has 0 fully saturated rings. The summed E-state index contributed by atoms with van der Waals surface area (Å²) in [7, 11) is 0. The average Bonchev–Trinajstić information content (AvgIpc) is 2.56. The van der Waals surface area contributed by atoms with Crippen LogP contribution in [-0.2, 0) is 0 Å².